The summed E-state index contributed by atoms with van der Waals surface area (Å²) in [5.41, 5.74) is 5.49. The van der Waals surface area contributed by atoms with Crippen molar-refractivity contribution in [1.29, 1.82) is 0 Å². The smallest absolute Gasteiger partial charge is 0.240 e. The molecule has 0 atom stereocenters. The summed E-state index contributed by atoms with van der Waals surface area (Å²) in [6.45, 7) is 5.31. The zero-order chi connectivity index (χ0) is 16.3. The predicted molar refractivity (Wildman–Crippen MR) is 87.6 cm³/mol. The summed E-state index contributed by atoms with van der Waals surface area (Å²) in [5, 5.41) is 0. The van der Waals surface area contributed by atoms with Crippen LogP contribution in [0.15, 0.2) is 17.0 Å². The average molecular weight is 355 g/mol. The van der Waals surface area contributed by atoms with Gasteiger partial charge >= 0.3 is 0 Å². The summed E-state index contributed by atoms with van der Waals surface area (Å²) in [5.74, 6) is -0.660. The fourth-order valence-electron chi connectivity index (χ4n) is 1.91. The van der Waals surface area contributed by atoms with Crippen LogP contribution in [0, 0.1) is 12.7 Å². The normalized spacial score (nSPS) is 11.9. The summed E-state index contributed by atoms with van der Waals surface area (Å²) in [6, 6.07) is 2.63. The first kappa shape index (κ1) is 21.1. The molecule has 0 amide bonds. The van der Waals surface area contributed by atoms with E-state index in [-0.39, 0.29) is 35.2 Å². The maximum absolute atomic E-state index is 14.0. The number of halogens is 2. The Kier molecular flexibility index (Phi) is 7.77. The second kappa shape index (κ2) is 8.10. The molecule has 0 bridgehead atoms. The molecule has 22 heavy (non-hydrogen) atoms. The van der Waals surface area contributed by atoms with E-state index in [0.717, 1.165) is 0 Å². The van der Waals surface area contributed by atoms with Gasteiger partial charge in [-0.2, -0.15) is 0 Å². The number of sulfonamides is 1. The molecule has 0 aliphatic rings. The van der Waals surface area contributed by atoms with Crippen LogP contribution in [0.1, 0.15) is 32.3 Å². The molecule has 0 aromatic heterocycles. The molecule has 0 spiro atoms. The number of methoxy groups -OCH3 is 1. The second-order valence-corrected chi connectivity index (χ2v) is 6.83. The van der Waals surface area contributed by atoms with Crippen LogP contribution in [0.25, 0.3) is 0 Å². The number of nitrogens with one attached hydrogen (secondary N) is 1. The number of benzene rings is 1. The number of hydrogen-bond acceptors (Lipinski definition) is 4. The summed E-state index contributed by atoms with van der Waals surface area (Å²) >= 11 is 0. The van der Waals surface area contributed by atoms with Crippen molar-refractivity contribution in [3.63, 3.8) is 0 Å². The minimum absolute atomic E-state index is 0. The molecule has 3 N–H and O–H groups in total. The average Bonchev–Trinajstić information content (AvgIpc) is 2.47. The van der Waals surface area contributed by atoms with Crippen molar-refractivity contribution in [3.05, 3.63) is 23.5 Å². The standard InChI is InChI=1S/C14H23FN2O3S.ClH/c1-5-14(16,6-2)9-17-21(18,19)12-8-7-11(20-4)13(15)10(12)3;/h7-8,17H,5-6,9,16H2,1-4H3;1H. The van der Waals surface area contributed by atoms with Crippen molar-refractivity contribution < 1.29 is 17.5 Å². The van der Waals surface area contributed by atoms with E-state index in [1.807, 2.05) is 13.8 Å². The fourth-order valence-corrected chi connectivity index (χ4v) is 3.28. The van der Waals surface area contributed by atoms with E-state index >= 15 is 0 Å². The highest BCUT2D eigenvalue weighted by Crippen LogP contribution is 2.26. The summed E-state index contributed by atoms with van der Waals surface area (Å²) in [6.07, 6.45) is 1.28. The molecular weight excluding hydrogens is 331 g/mol. The zero-order valence-corrected chi connectivity index (χ0v) is 14.9. The van der Waals surface area contributed by atoms with Gasteiger partial charge in [0, 0.05) is 17.6 Å². The maximum Gasteiger partial charge on any atom is 0.240 e. The van der Waals surface area contributed by atoms with Gasteiger partial charge in [-0.3, -0.25) is 0 Å². The molecule has 5 nitrogen and oxygen atoms in total. The van der Waals surface area contributed by atoms with Gasteiger partial charge in [-0.1, -0.05) is 13.8 Å². The van der Waals surface area contributed by atoms with Gasteiger partial charge in [-0.05, 0) is 31.9 Å². The Labute approximate surface area is 137 Å². The third-order valence-electron chi connectivity index (χ3n) is 3.83. The highest BCUT2D eigenvalue weighted by atomic mass is 35.5. The van der Waals surface area contributed by atoms with Crippen LogP contribution in [-0.2, 0) is 10.0 Å². The molecule has 0 saturated carbocycles. The van der Waals surface area contributed by atoms with Gasteiger partial charge in [-0.15, -0.1) is 12.4 Å². The van der Waals surface area contributed by atoms with Crippen LogP contribution in [0.5, 0.6) is 5.75 Å². The minimum Gasteiger partial charge on any atom is -0.494 e. The lowest BCUT2D eigenvalue weighted by Gasteiger charge is -2.26. The molecular formula is C14H24ClFN2O3S. The van der Waals surface area contributed by atoms with Crippen LogP contribution in [0.3, 0.4) is 0 Å². The SMILES string of the molecule is CCC(N)(CC)CNS(=O)(=O)c1ccc(OC)c(F)c1C.Cl. The molecule has 0 radical (unpaired) electrons. The molecule has 0 saturated heterocycles. The number of ether oxygens (including phenoxy) is 1. The molecule has 128 valence electrons. The van der Waals surface area contributed by atoms with Crippen LogP contribution in [0.2, 0.25) is 0 Å². The summed E-state index contributed by atoms with van der Waals surface area (Å²) < 4.78 is 45.9. The number of rotatable bonds is 7. The minimum atomic E-state index is -3.82. The largest absolute Gasteiger partial charge is 0.494 e. The molecule has 8 heteroatoms. The van der Waals surface area contributed by atoms with Crippen molar-refractivity contribution in [2.45, 2.75) is 44.0 Å². The lowest BCUT2D eigenvalue weighted by molar-refractivity contribution is 0.383. The maximum atomic E-state index is 14.0. The Morgan fingerprint density at radius 3 is 2.32 bits per heavy atom. The van der Waals surface area contributed by atoms with Gasteiger partial charge in [0.2, 0.25) is 10.0 Å². The molecule has 0 unspecified atom stereocenters. The van der Waals surface area contributed by atoms with E-state index < -0.39 is 21.4 Å². The van der Waals surface area contributed by atoms with Crippen LogP contribution < -0.4 is 15.2 Å². The number of hydrogen-bond donors (Lipinski definition) is 2. The van der Waals surface area contributed by atoms with Crippen molar-refractivity contribution >= 4 is 22.4 Å². The van der Waals surface area contributed by atoms with Crippen molar-refractivity contribution in [3.8, 4) is 5.75 Å². The van der Waals surface area contributed by atoms with E-state index in [0.29, 0.717) is 12.8 Å². The summed E-state index contributed by atoms with van der Waals surface area (Å²) in [7, 11) is -2.49. The van der Waals surface area contributed by atoms with Gasteiger partial charge < -0.3 is 10.5 Å². The van der Waals surface area contributed by atoms with Crippen molar-refractivity contribution in [2.75, 3.05) is 13.7 Å². The molecule has 1 aromatic rings. The van der Waals surface area contributed by atoms with E-state index in [1.54, 1.807) is 0 Å². The van der Waals surface area contributed by atoms with Gasteiger partial charge in [0.05, 0.1) is 12.0 Å². The van der Waals surface area contributed by atoms with Crippen LogP contribution >= 0.6 is 12.4 Å². The third-order valence-corrected chi connectivity index (χ3v) is 5.38. The van der Waals surface area contributed by atoms with Crippen LogP contribution in [-0.4, -0.2) is 27.6 Å². The van der Waals surface area contributed by atoms with E-state index in [9.17, 15) is 12.8 Å². The molecule has 0 fully saturated rings. The molecule has 0 heterocycles. The number of nitrogens with two attached hydrogens (primary N) is 1. The Hall–Kier alpha value is -0.890. The first-order valence-corrected chi connectivity index (χ1v) is 8.30. The first-order valence-electron chi connectivity index (χ1n) is 6.82. The fraction of sp³-hybridized carbons (Fsp3) is 0.571. The molecule has 1 aromatic carbocycles. The topological polar surface area (TPSA) is 81.4 Å². The van der Waals surface area contributed by atoms with E-state index in [4.69, 9.17) is 10.5 Å². The predicted octanol–water partition coefficient (Wildman–Crippen LogP) is 2.36. The Morgan fingerprint density at radius 2 is 1.86 bits per heavy atom. The molecule has 1 rings (SSSR count). The first-order chi connectivity index (χ1) is 9.70. The van der Waals surface area contributed by atoms with Crippen LogP contribution in [0.4, 0.5) is 4.39 Å². The Balaban J connectivity index is 0.00000441. The Morgan fingerprint density at radius 1 is 1.32 bits per heavy atom. The second-order valence-electron chi connectivity index (χ2n) is 5.10. The van der Waals surface area contributed by atoms with Crippen molar-refractivity contribution in [2.24, 2.45) is 5.73 Å². The lowest BCUT2D eigenvalue weighted by atomic mass is 9.95. The van der Waals surface area contributed by atoms with Gasteiger partial charge in [-0.25, -0.2) is 17.5 Å². The van der Waals surface area contributed by atoms with Gasteiger partial charge in [0.15, 0.2) is 11.6 Å². The van der Waals surface area contributed by atoms with Gasteiger partial charge in [0.1, 0.15) is 0 Å². The summed E-state index contributed by atoms with van der Waals surface area (Å²) in [4.78, 5) is -0.102. The lowest BCUT2D eigenvalue weighted by Crippen LogP contribution is -2.49. The third kappa shape index (κ3) is 4.55. The Bertz CT molecular complexity index is 604. The zero-order valence-electron chi connectivity index (χ0n) is 13.3. The van der Waals surface area contributed by atoms with E-state index in [1.165, 1.54) is 26.2 Å². The van der Waals surface area contributed by atoms with Crippen molar-refractivity contribution in [1.82, 2.24) is 4.72 Å². The highest BCUT2D eigenvalue weighted by Gasteiger charge is 2.26. The quantitative estimate of drug-likeness (QED) is 0.787. The van der Waals surface area contributed by atoms with E-state index in [2.05, 4.69) is 4.72 Å². The van der Waals surface area contributed by atoms with Gasteiger partial charge in [0.25, 0.3) is 0 Å². The molecule has 0 aliphatic heterocycles. The highest BCUT2D eigenvalue weighted by molar-refractivity contribution is 7.89. The molecule has 0 aliphatic carbocycles. The monoisotopic (exact) mass is 354 g/mol.